The van der Waals surface area contributed by atoms with Gasteiger partial charge in [0, 0.05) is 44.9 Å². The molecule has 0 radical (unpaired) electrons. The van der Waals surface area contributed by atoms with Gasteiger partial charge in [-0.3, -0.25) is 0 Å². The summed E-state index contributed by atoms with van der Waals surface area (Å²) in [7, 11) is -4.22. The summed E-state index contributed by atoms with van der Waals surface area (Å²) in [6, 6.07) is 8.42. The number of rotatable bonds is 10. The molecule has 10 nitrogen and oxygen atoms in total. The van der Waals surface area contributed by atoms with Gasteiger partial charge in [0.15, 0.2) is 15.5 Å². The molecule has 0 amide bonds. The van der Waals surface area contributed by atoms with Crippen LogP contribution in [0.15, 0.2) is 43.0 Å². The molecule has 0 atom stereocenters. The van der Waals surface area contributed by atoms with Gasteiger partial charge in [-0.15, -0.1) is 0 Å². The Morgan fingerprint density at radius 3 is 2.58 bits per heavy atom. The standard InChI is InChI=1S/C28H37N7O3SSi/c1-20-25(15-29-27-26(20)35(18-31-27)19-38-12-13-40(3,4)5)34-11-10-22-14-30-28(33-24(22)16-34)32-23-8-6-21(7-9-23)17-39(2,36)37/h6-9,14-15,18H,10-13,16-17,19H2,1-5H3,(H,30,32,33). The van der Waals surface area contributed by atoms with Gasteiger partial charge in [0.25, 0.3) is 0 Å². The smallest absolute Gasteiger partial charge is 0.227 e. The summed E-state index contributed by atoms with van der Waals surface area (Å²) in [5.41, 5.74) is 7.58. The summed E-state index contributed by atoms with van der Waals surface area (Å²) in [6.45, 7) is 11.9. The molecule has 40 heavy (non-hydrogen) atoms. The number of hydrogen-bond acceptors (Lipinski definition) is 9. The lowest BCUT2D eigenvalue weighted by molar-refractivity contribution is 0.0898. The number of nitrogens with one attached hydrogen (secondary N) is 1. The molecule has 0 aliphatic carbocycles. The summed E-state index contributed by atoms with van der Waals surface area (Å²) < 4.78 is 31.2. The number of sulfone groups is 1. The molecule has 0 bridgehead atoms. The number of imidazole rings is 1. The van der Waals surface area contributed by atoms with E-state index in [1.54, 1.807) is 12.1 Å². The molecule has 4 aromatic rings. The molecule has 0 saturated heterocycles. The first-order valence-electron chi connectivity index (χ1n) is 13.5. The number of fused-ring (bicyclic) bond motifs is 2. The molecule has 1 aliphatic rings. The summed E-state index contributed by atoms with van der Waals surface area (Å²) in [5.74, 6) is 0.528. The third-order valence-corrected chi connectivity index (χ3v) is 9.58. The van der Waals surface area contributed by atoms with Crippen LogP contribution in [-0.2, 0) is 40.0 Å². The van der Waals surface area contributed by atoms with E-state index >= 15 is 0 Å². The van der Waals surface area contributed by atoms with E-state index in [2.05, 4.69) is 56.3 Å². The molecule has 0 spiro atoms. The Morgan fingerprint density at radius 1 is 1.07 bits per heavy atom. The predicted molar refractivity (Wildman–Crippen MR) is 161 cm³/mol. The van der Waals surface area contributed by atoms with E-state index in [4.69, 9.17) is 9.72 Å². The Labute approximate surface area is 236 Å². The number of anilines is 3. The number of ether oxygens (including phenoxy) is 1. The Bertz CT molecular complexity index is 1620. The molecule has 12 heteroatoms. The zero-order valence-electron chi connectivity index (χ0n) is 23.8. The second kappa shape index (κ2) is 11.3. The maximum atomic E-state index is 11.6. The number of pyridine rings is 1. The first kappa shape index (κ1) is 28.2. The minimum atomic E-state index is -3.08. The topological polar surface area (TPSA) is 115 Å². The van der Waals surface area contributed by atoms with Gasteiger partial charge >= 0.3 is 0 Å². The van der Waals surface area contributed by atoms with Crippen molar-refractivity contribution < 1.29 is 13.2 Å². The van der Waals surface area contributed by atoms with Gasteiger partial charge in [0.2, 0.25) is 5.95 Å². The summed E-state index contributed by atoms with van der Waals surface area (Å²) in [6.07, 6.45) is 7.68. The molecule has 0 unspecified atom stereocenters. The van der Waals surface area contributed by atoms with Crippen molar-refractivity contribution in [3.63, 3.8) is 0 Å². The van der Waals surface area contributed by atoms with Crippen LogP contribution in [0.2, 0.25) is 25.7 Å². The molecular formula is C28H37N7O3SSi. The zero-order chi connectivity index (χ0) is 28.5. The van der Waals surface area contributed by atoms with E-state index in [0.29, 0.717) is 19.2 Å². The normalized spacial score (nSPS) is 14.0. The maximum Gasteiger partial charge on any atom is 0.227 e. The van der Waals surface area contributed by atoms with Gasteiger partial charge in [-0.2, -0.15) is 0 Å². The molecule has 1 aliphatic heterocycles. The number of aryl methyl sites for hydroxylation is 1. The first-order valence-corrected chi connectivity index (χ1v) is 19.2. The van der Waals surface area contributed by atoms with Crippen molar-refractivity contribution in [3.05, 3.63) is 65.4 Å². The fraction of sp³-hybridized carbons (Fsp3) is 0.429. The van der Waals surface area contributed by atoms with Crippen molar-refractivity contribution in [2.45, 2.75) is 58.1 Å². The van der Waals surface area contributed by atoms with Crippen molar-refractivity contribution in [2.24, 2.45) is 0 Å². The van der Waals surface area contributed by atoms with Crippen LogP contribution in [-0.4, -0.2) is 60.4 Å². The SMILES string of the molecule is Cc1c(N2CCc3cnc(Nc4ccc(CS(C)(=O)=O)cc4)nc3C2)cnc2ncn(COCC[Si](C)(C)C)c12. The van der Waals surface area contributed by atoms with E-state index in [0.717, 1.165) is 70.5 Å². The third-order valence-electron chi connectivity index (χ3n) is 7.02. The molecule has 4 heterocycles. The highest BCUT2D eigenvalue weighted by atomic mass is 32.2. The van der Waals surface area contributed by atoms with Gasteiger partial charge < -0.3 is 19.5 Å². The monoisotopic (exact) mass is 579 g/mol. The van der Waals surface area contributed by atoms with Gasteiger partial charge in [-0.25, -0.2) is 28.4 Å². The highest BCUT2D eigenvalue weighted by Gasteiger charge is 2.22. The maximum absolute atomic E-state index is 11.6. The largest absolute Gasteiger partial charge is 0.364 e. The molecule has 0 saturated carbocycles. The molecule has 3 aromatic heterocycles. The average Bonchev–Trinajstić information content (AvgIpc) is 3.30. The Morgan fingerprint density at radius 2 is 1.85 bits per heavy atom. The molecule has 5 rings (SSSR count). The van der Waals surface area contributed by atoms with Crippen LogP contribution in [0.4, 0.5) is 17.3 Å². The Balaban J connectivity index is 1.30. The zero-order valence-corrected chi connectivity index (χ0v) is 25.6. The van der Waals surface area contributed by atoms with Crippen molar-refractivity contribution in [1.29, 1.82) is 0 Å². The lowest BCUT2D eigenvalue weighted by Gasteiger charge is -2.31. The lowest BCUT2D eigenvalue weighted by atomic mass is 10.1. The Kier molecular flexibility index (Phi) is 7.93. The molecule has 1 N–H and O–H groups in total. The van der Waals surface area contributed by atoms with Crippen LogP contribution in [0.25, 0.3) is 11.2 Å². The average molecular weight is 580 g/mol. The van der Waals surface area contributed by atoms with E-state index in [1.165, 1.54) is 6.26 Å². The van der Waals surface area contributed by atoms with Gasteiger partial charge in [0.1, 0.15) is 6.73 Å². The van der Waals surface area contributed by atoms with Crippen LogP contribution in [0.3, 0.4) is 0 Å². The first-order chi connectivity index (χ1) is 18.9. The van der Waals surface area contributed by atoms with Crippen LogP contribution < -0.4 is 10.2 Å². The highest BCUT2D eigenvalue weighted by Crippen LogP contribution is 2.30. The fourth-order valence-electron chi connectivity index (χ4n) is 4.83. The Hall–Kier alpha value is -3.35. The van der Waals surface area contributed by atoms with Crippen molar-refractivity contribution >= 4 is 46.4 Å². The third kappa shape index (κ3) is 6.85. The van der Waals surface area contributed by atoms with E-state index in [-0.39, 0.29) is 5.75 Å². The minimum absolute atomic E-state index is 0.0188. The number of hydrogen-bond donors (Lipinski definition) is 1. The van der Waals surface area contributed by atoms with E-state index in [1.807, 2.05) is 30.9 Å². The van der Waals surface area contributed by atoms with Crippen molar-refractivity contribution in [3.8, 4) is 0 Å². The van der Waals surface area contributed by atoms with Gasteiger partial charge in [-0.05, 0) is 42.6 Å². The fourth-order valence-corrected chi connectivity index (χ4v) is 6.39. The van der Waals surface area contributed by atoms with Crippen molar-refractivity contribution in [2.75, 3.05) is 29.6 Å². The lowest BCUT2D eigenvalue weighted by Crippen LogP contribution is -2.32. The second-order valence-corrected chi connectivity index (χ2v) is 19.5. The van der Waals surface area contributed by atoms with E-state index in [9.17, 15) is 8.42 Å². The van der Waals surface area contributed by atoms with Crippen LogP contribution in [0.5, 0.6) is 0 Å². The highest BCUT2D eigenvalue weighted by molar-refractivity contribution is 7.89. The van der Waals surface area contributed by atoms with Crippen LogP contribution >= 0.6 is 0 Å². The van der Waals surface area contributed by atoms with Crippen molar-refractivity contribution in [1.82, 2.24) is 24.5 Å². The number of aromatic nitrogens is 5. The number of nitrogens with zero attached hydrogens (tertiary/aromatic N) is 6. The molecule has 212 valence electrons. The predicted octanol–water partition coefficient (Wildman–Crippen LogP) is 4.69. The summed E-state index contributed by atoms with van der Waals surface area (Å²) >= 11 is 0. The van der Waals surface area contributed by atoms with Gasteiger partial charge in [0.05, 0.1) is 41.7 Å². The summed E-state index contributed by atoms with van der Waals surface area (Å²) in [4.78, 5) is 20.8. The van der Waals surface area contributed by atoms with Crippen LogP contribution in [0, 0.1) is 6.92 Å². The molecular weight excluding hydrogens is 543 g/mol. The van der Waals surface area contributed by atoms with E-state index < -0.39 is 17.9 Å². The molecule has 1 aromatic carbocycles. The quantitative estimate of drug-likeness (QED) is 0.211. The molecule has 0 fully saturated rings. The second-order valence-electron chi connectivity index (χ2n) is 11.7. The number of benzene rings is 1. The minimum Gasteiger partial charge on any atom is -0.364 e. The van der Waals surface area contributed by atoms with Crippen LogP contribution in [0.1, 0.15) is 22.4 Å². The van der Waals surface area contributed by atoms with Gasteiger partial charge in [-0.1, -0.05) is 31.8 Å². The summed E-state index contributed by atoms with van der Waals surface area (Å²) in [5, 5.41) is 3.25.